The van der Waals surface area contributed by atoms with Crippen molar-refractivity contribution < 1.29 is 17.7 Å². The summed E-state index contributed by atoms with van der Waals surface area (Å²) in [6, 6.07) is 6.64. The van der Waals surface area contributed by atoms with E-state index in [1.165, 1.54) is 0 Å². The van der Waals surface area contributed by atoms with Crippen LogP contribution in [0.15, 0.2) is 29.2 Å². The van der Waals surface area contributed by atoms with Crippen LogP contribution in [0.4, 0.5) is 0 Å². The van der Waals surface area contributed by atoms with Crippen molar-refractivity contribution in [2.24, 2.45) is 5.92 Å². The van der Waals surface area contributed by atoms with E-state index in [4.69, 9.17) is 4.18 Å². The van der Waals surface area contributed by atoms with E-state index in [0.717, 1.165) is 31.2 Å². The van der Waals surface area contributed by atoms with E-state index in [0.29, 0.717) is 0 Å². The molecule has 0 unspecified atom stereocenters. The first-order valence-electron chi connectivity index (χ1n) is 6.61. The number of hydrogen-bond acceptors (Lipinski definition) is 4. The van der Waals surface area contributed by atoms with Crippen LogP contribution in [-0.4, -0.2) is 26.2 Å². The molecular formula is C14H20O4S. The van der Waals surface area contributed by atoms with Gasteiger partial charge in [0.1, 0.15) is 0 Å². The fraction of sp³-hybridized carbons (Fsp3) is 0.571. The summed E-state index contributed by atoms with van der Waals surface area (Å²) in [6.07, 6.45) is 2.89. The molecule has 4 nitrogen and oxygen atoms in total. The van der Waals surface area contributed by atoms with Crippen molar-refractivity contribution in [3.63, 3.8) is 0 Å². The monoisotopic (exact) mass is 284 g/mol. The summed E-state index contributed by atoms with van der Waals surface area (Å²) in [5, 5.41) is 9.40. The van der Waals surface area contributed by atoms with Gasteiger partial charge >= 0.3 is 0 Å². The lowest BCUT2D eigenvalue weighted by Crippen LogP contribution is -2.23. The lowest BCUT2D eigenvalue weighted by atomic mass is 9.88. The third-order valence-electron chi connectivity index (χ3n) is 3.58. The maximum absolute atomic E-state index is 12.0. The molecular weight excluding hydrogens is 264 g/mol. The Morgan fingerprint density at radius 3 is 2.32 bits per heavy atom. The van der Waals surface area contributed by atoms with E-state index in [-0.39, 0.29) is 23.5 Å². The highest BCUT2D eigenvalue weighted by Crippen LogP contribution is 2.25. The molecule has 0 bridgehead atoms. The number of rotatable bonds is 4. The molecule has 1 aliphatic carbocycles. The molecule has 0 radical (unpaired) electrons. The predicted molar refractivity (Wildman–Crippen MR) is 72.3 cm³/mol. The number of aliphatic hydroxyl groups excluding tert-OH is 1. The first kappa shape index (κ1) is 14.5. The first-order chi connectivity index (χ1) is 8.97. The summed E-state index contributed by atoms with van der Waals surface area (Å²) in [5.74, 6) is 0.226. The minimum Gasteiger partial charge on any atom is -0.393 e. The Balaban J connectivity index is 1.92. The lowest BCUT2D eigenvalue weighted by Gasteiger charge is -2.24. The summed E-state index contributed by atoms with van der Waals surface area (Å²) in [7, 11) is -3.65. The Morgan fingerprint density at radius 2 is 1.74 bits per heavy atom. The van der Waals surface area contributed by atoms with Gasteiger partial charge in [0, 0.05) is 0 Å². The van der Waals surface area contributed by atoms with Crippen molar-refractivity contribution in [1.29, 1.82) is 0 Å². The molecule has 106 valence electrons. The van der Waals surface area contributed by atoms with Gasteiger partial charge in [-0.1, -0.05) is 17.7 Å². The highest BCUT2D eigenvalue weighted by molar-refractivity contribution is 7.86. The molecule has 0 heterocycles. The van der Waals surface area contributed by atoms with Gasteiger partial charge in [0.15, 0.2) is 0 Å². The topological polar surface area (TPSA) is 63.6 Å². The number of benzene rings is 1. The highest BCUT2D eigenvalue weighted by atomic mass is 32.2. The second-order valence-corrected chi connectivity index (χ2v) is 6.84. The average Bonchev–Trinajstić information content (AvgIpc) is 2.39. The summed E-state index contributed by atoms with van der Waals surface area (Å²) in [4.78, 5) is 0.203. The predicted octanol–water partition coefficient (Wildman–Crippen LogP) is 2.25. The van der Waals surface area contributed by atoms with Gasteiger partial charge in [-0.05, 0) is 50.7 Å². The van der Waals surface area contributed by atoms with Crippen LogP contribution in [0, 0.1) is 12.8 Å². The Bertz CT molecular complexity index is 499. The summed E-state index contributed by atoms with van der Waals surface area (Å²) >= 11 is 0. The molecule has 1 aliphatic rings. The Kier molecular flexibility index (Phi) is 4.60. The maximum Gasteiger partial charge on any atom is 0.296 e. The average molecular weight is 284 g/mol. The van der Waals surface area contributed by atoms with E-state index >= 15 is 0 Å². The van der Waals surface area contributed by atoms with Crippen molar-refractivity contribution >= 4 is 10.1 Å². The third kappa shape index (κ3) is 4.03. The molecule has 0 aromatic heterocycles. The second-order valence-electron chi connectivity index (χ2n) is 5.23. The molecule has 0 spiro atoms. The van der Waals surface area contributed by atoms with E-state index in [1.807, 2.05) is 6.92 Å². The normalized spacial score (nSPS) is 24.3. The molecule has 19 heavy (non-hydrogen) atoms. The molecule has 0 saturated heterocycles. The van der Waals surface area contributed by atoms with Crippen LogP contribution < -0.4 is 0 Å². The SMILES string of the molecule is Cc1ccc(S(=O)(=O)OC[C@H]2CC[C@@H](O)CC2)cc1. The van der Waals surface area contributed by atoms with Crippen LogP contribution in [0.1, 0.15) is 31.2 Å². The van der Waals surface area contributed by atoms with Crippen molar-refractivity contribution in [3.8, 4) is 0 Å². The molecule has 1 saturated carbocycles. The largest absolute Gasteiger partial charge is 0.393 e. The van der Waals surface area contributed by atoms with E-state index in [2.05, 4.69) is 0 Å². The molecule has 1 N–H and O–H groups in total. The lowest BCUT2D eigenvalue weighted by molar-refractivity contribution is 0.0929. The van der Waals surface area contributed by atoms with Gasteiger partial charge in [-0.15, -0.1) is 0 Å². The maximum atomic E-state index is 12.0. The van der Waals surface area contributed by atoms with Gasteiger partial charge in [0.25, 0.3) is 10.1 Å². The van der Waals surface area contributed by atoms with Gasteiger partial charge in [-0.25, -0.2) is 0 Å². The second kappa shape index (κ2) is 6.03. The van der Waals surface area contributed by atoms with Crippen molar-refractivity contribution in [3.05, 3.63) is 29.8 Å². The molecule has 1 aromatic carbocycles. The minimum absolute atomic E-state index is 0.203. The Labute approximate surface area is 114 Å². The number of aryl methyl sites for hydroxylation is 1. The van der Waals surface area contributed by atoms with E-state index in [9.17, 15) is 13.5 Å². The zero-order valence-electron chi connectivity index (χ0n) is 11.1. The Hall–Kier alpha value is -0.910. The van der Waals surface area contributed by atoms with Crippen molar-refractivity contribution in [2.45, 2.75) is 43.6 Å². The van der Waals surface area contributed by atoms with E-state index < -0.39 is 10.1 Å². The molecule has 1 fully saturated rings. The quantitative estimate of drug-likeness (QED) is 0.861. The summed E-state index contributed by atoms with van der Waals surface area (Å²) in [6.45, 7) is 2.12. The van der Waals surface area contributed by atoms with Crippen LogP contribution in [-0.2, 0) is 14.3 Å². The first-order valence-corrected chi connectivity index (χ1v) is 8.02. The van der Waals surface area contributed by atoms with Gasteiger partial charge in [0.05, 0.1) is 17.6 Å². The van der Waals surface area contributed by atoms with Crippen LogP contribution in [0.2, 0.25) is 0 Å². The molecule has 0 amide bonds. The highest BCUT2D eigenvalue weighted by Gasteiger charge is 2.22. The standard InChI is InChI=1S/C14H20O4S/c1-11-2-8-14(9-3-11)19(16,17)18-10-12-4-6-13(15)7-5-12/h2-3,8-9,12-13,15H,4-7,10H2,1H3/t12-,13+. The van der Waals surface area contributed by atoms with Crippen LogP contribution in [0.5, 0.6) is 0 Å². The third-order valence-corrected chi connectivity index (χ3v) is 4.88. The number of aliphatic hydroxyl groups is 1. The van der Waals surface area contributed by atoms with Gasteiger partial charge in [-0.2, -0.15) is 8.42 Å². The summed E-state index contributed by atoms with van der Waals surface area (Å²) in [5.41, 5.74) is 1.01. The van der Waals surface area contributed by atoms with Crippen LogP contribution >= 0.6 is 0 Å². The van der Waals surface area contributed by atoms with Gasteiger partial charge < -0.3 is 5.11 Å². The van der Waals surface area contributed by atoms with Gasteiger partial charge in [0.2, 0.25) is 0 Å². The zero-order valence-corrected chi connectivity index (χ0v) is 11.9. The molecule has 1 aromatic rings. The van der Waals surface area contributed by atoms with E-state index in [1.54, 1.807) is 24.3 Å². The van der Waals surface area contributed by atoms with Gasteiger partial charge in [-0.3, -0.25) is 4.18 Å². The summed E-state index contributed by atoms with van der Waals surface area (Å²) < 4.78 is 29.1. The minimum atomic E-state index is -3.65. The van der Waals surface area contributed by atoms with Crippen LogP contribution in [0.3, 0.4) is 0 Å². The van der Waals surface area contributed by atoms with Crippen LogP contribution in [0.25, 0.3) is 0 Å². The molecule has 2 rings (SSSR count). The Morgan fingerprint density at radius 1 is 1.16 bits per heavy atom. The fourth-order valence-corrected chi connectivity index (χ4v) is 3.25. The molecule has 5 heteroatoms. The van der Waals surface area contributed by atoms with Crippen molar-refractivity contribution in [2.75, 3.05) is 6.61 Å². The number of hydrogen-bond donors (Lipinski definition) is 1. The fourth-order valence-electron chi connectivity index (χ4n) is 2.27. The zero-order chi connectivity index (χ0) is 13.9. The smallest absolute Gasteiger partial charge is 0.296 e. The molecule has 0 aliphatic heterocycles. The van der Waals surface area contributed by atoms with Crippen molar-refractivity contribution in [1.82, 2.24) is 0 Å². The molecule has 0 atom stereocenters.